The van der Waals surface area contributed by atoms with Crippen LogP contribution in [0.4, 0.5) is 10.1 Å². The van der Waals surface area contributed by atoms with Gasteiger partial charge >= 0.3 is 0 Å². The average molecular weight is 454 g/mol. The van der Waals surface area contributed by atoms with Crippen molar-refractivity contribution in [2.45, 2.75) is 31.6 Å². The Morgan fingerprint density at radius 3 is 2.56 bits per heavy atom. The van der Waals surface area contributed by atoms with Gasteiger partial charge in [0.05, 0.1) is 0 Å². The quantitative estimate of drug-likeness (QED) is 0.568. The van der Waals surface area contributed by atoms with E-state index in [1.807, 2.05) is 43.3 Å². The van der Waals surface area contributed by atoms with Crippen molar-refractivity contribution < 1.29 is 14.0 Å². The molecule has 0 fully saturated rings. The summed E-state index contributed by atoms with van der Waals surface area (Å²) in [4.78, 5) is 31.2. The highest BCUT2D eigenvalue weighted by molar-refractivity contribution is 6.10. The van der Waals surface area contributed by atoms with Crippen LogP contribution in [0.25, 0.3) is 0 Å². The fraction of sp³-hybridized carbons (Fsp3) is 0.179. The van der Waals surface area contributed by atoms with Crippen LogP contribution < -0.4 is 10.6 Å². The van der Waals surface area contributed by atoms with Crippen LogP contribution in [0.5, 0.6) is 0 Å². The molecule has 5 nitrogen and oxygen atoms in total. The number of pyridine rings is 1. The number of hydrogen-bond acceptors (Lipinski definition) is 4. The summed E-state index contributed by atoms with van der Waals surface area (Å²) >= 11 is 0. The monoisotopic (exact) mass is 453 g/mol. The number of carbonyl (C=O) groups is 2. The molecule has 0 saturated heterocycles. The molecule has 3 aromatic rings. The van der Waals surface area contributed by atoms with Gasteiger partial charge in [0.2, 0.25) is 0 Å². The predicted octanol–water partition coefficient (Wildman–Crippen LogP) is 5.22. The van der Waals surface area contributed by atoms with Crippen LogP contribution in [0.1, 0.15) is 42.7 Å². The molecule has 1 aromatic heterocycles. The summed E-state index contributed by atoms with van der Waals surface area (Å²) in [7, 11) is 0. The Morgan fingerprint density at radius 2 is 1.82 bits per heavy atom. The molecule has 0 radical (unpaired) electrons. The maximum Gasteiger partial charge on any atom is 0.254 e. The molecule has 5 rings (SSSR count). The average Bonchev–Trinajstić information content (AvgIpc) is 2.84. The van der Waals surface area contributed by atoms with E-state index in [0.717, 1.165) is 16.8 Å². The summed E-state index contributed by atoms with van der Waals surface area (Å²) in [5.74, 6) is -1.28. The van der Waals surface area contributed by atoms with E-state index in [1.165, 1.54) is 12.1 Å². The molecule has 34 heavy (non-hydrogen) atoms. The van der Waals surface area contributed by atoms with Crippen molar-refractivity contribution in [1.29, 1.82) is 0 Å². The van der Waals surface area contributed by atoms with Crippen LogP contribution in [0.3, 0.4) is 0 Å². The summed E-state index contributed by atoms with van der Waals surface area (Å²) in [6.07, 6.45) is 4.41. The van der Waals surface area contributed by atoms with Crippen molar-refractivity contribution in [3.8, 4) is 0 Å². The van der Waals surface area contributed by atoms with Crippen molar-refractivity contribution in [2.75, 3.05) is 5.32 Å². The number of benzene rings is 2. The number of nitrogens with one attached hydrogen (secondary N) is 2. The van der Waals surface area contributed by atoms with Gasteiger partial charge in [-0.3, -0.25) is 14.6 Å². The summed E-state index contributed by atoms with van der Waals surface area (Å²) in [6, 6.07) is 19.5. The normalized spacial score (nSPS) is 20.0. The molecule has 1 amide bonds. The molecule has 6 heteroatoms. The van der Waals surface area contributed by atoms with E-state index < -0.39 is 11.7 Å². The minimum Gasteiger partial charge on any atom is -0.362 e. The first-order chi connectivity index (χ1) is 16.5. The summed E-state index contributed by atoms with van der Waals surface area (Å²) < 4.78 is 13.7. The van der Waals surface area contributed by atoms with Crippen molar-refractivity contribution in [1.82, 2.24) is 10.3 Å². The lowest BCUT2D eigenvalue weighted by Gasteiger charge is -2.37. The maximum absolute atomic E-state index is 13.7. The first-order valence-electron chi connectivity index (χ1n) is 11.3. The van der Waals surface area contributed by atoms with E-state index in [1.54, 1.807) is 30.6 Å². The fourth-order valence-electron chi connectivity index (χ4n) is 4.95. The number of anilines is 1. The van der Waals surface area contributed by atoms with Gasteiger partial charge in [-0.15, -0.1) is 0 Å². The van der Waals surface area contributed by atoms with Crippen LogP contribution in [0, 0.1) is 5.82 Å². The zero-order valence-electron chi connectivity index (χ0n) is 18.7. The third-order valence-corrected chi connectivity index (χ3v) is 6.44. The minimum atomic E-state index is -0.553. The number of carbonyl (C=O) groups excluding carboxylic acids is 2. The number of hydrogen-bond donors (Lipinski definition) is 2. The molecule has 0 spiro atoms. The van der Waals surface area contributed by atoms with Crippen molar-refractivity contribution >= 4 is 17.4 Å². The molecule has 1 aliphatic carbocycles. The standard InChI is InChI=1S/C28H24FN3O2/c1-17-25(28(34)32-22-11-5-10-21(29)15-22)26(19-9-6-12-30-16-19)27-23(31-17)13-20(14-24(27)33)18-7-3-2-4-8-18/h2-12,15-16,20,26,31H,13-14H2,1H3,(H,32,34)/t20-,26+/m0/s1. The van der Waals surface area contributed by atoms with Crippen LogP contribution in [0.2, 0.25) is 0 Å². The molecule has 2 heterocycles. The zero-order chi connectivity index (χ0) is 23.7. The first kappa shape index (κ1) is 21.8. The number of amides is 1. The SMILES string of the molecule is CC1=C(C(=O)Nc2cccc(F)c2)[C@@H](c2cccnc2)C2=C(C[C@H](c3ccccc3)CC2=O)N1. The first-order valence-corrected chi connectivity index (χ1v) is 11.3. The number of Topliss-reactive ketones (excluding diaryl/α,β-unsaturated/α-hetero) is 1. The van der Waals surface area contributed by atoms with Gasteiger partial charge in [0.25, 0.3) is 5.91 Å². The molecular weight excluding hydrogens is 429 g/mol. The van der Waals surface area contributed by atoms with E-state index in [-0.39, 0.29) is 17.6 Å². The van der Waals surface area contributed by atoms with Gasteiger partial charge < -0.3 is 10.6 Å². The third-order valence-electron chi connectivity index (χ3n) is 6.44. The van der Waals surface area contributed by atoms with Crippen molar-refractivity contribution in [3.05, 3.63) is 119 Å². The van der Waals surface area contributed by atoms with Crippen molar-refractivity contribution in [2.24, 2.45) is 0 Å². The van der Waals surface area contributed by atoms with Gasteiger partial charge in [-0.2, -0.15) is 0 Å². The van der Waals surface area contributed by atoms with Gasteiger partial charge in [0.15, 0.2) is 5.78 Å². The van der Waals surface area contributed by atoms with Gasteiger partial charge in [-0.05, 0) is 54.7 Å². The lowest BCUT2D eigenvalue weighted by Crippen LogP contribution is -2.37. The number of nitrogens with zero attached hydrogens (tertiary/aromatic N) is 1. The van der Waals surface area contributed by atoms with E-state index in [4.69, 9.17) is 0 Å². The van der Waals surface area contributed by atoms with Gasteiger partial charge in [0, 0.05) is 53.0 Å². The number of dihydropyridines is 1. The largest absolute Gasteiger partial charge is 0.362 e. The Bertz CT molecular complexity index is 1320. The summed E-state index contributed by atoms with van der Waals surface area (Å²) in [5, 5.41) is 6.16. The highest BCUT2D eigenvalue weighted by Gasteiger charge is 2.41. The van der Waals surface area contributed by atoms with Crippen molar-refractivity contribution in [3.63, 3.8) is 0 Å². The van der Waals surface area contributed by atoms with E-state index in [9.17, 15) is 14.0 Å². The highest BCUT2D eigenvalue weighted by Crippen LogP contribution is 2.45. The molecule has 2 atom stereocenters. The lowest BCUT2D eigenvalue weighted by atomic mass is 9.72. The van der Waals surface area contributed by atoms with Crippen LogP contribution >= 0.6 is 0 Å². The molecule has 0 saturated carbocycles. The second kappa shape index (κ2) is 9.06. The second-order valence-corrected chi connectivity index (χ2v) is 8.68. The number of allylic oxidation sites excluding steroid dienone is 3. The van der Waals surface area contributed by atoms with Crippen LogP contribution in [0.15, 0.2) is 102 Å². The van der Waals surface area contributed by atoms with E-state index in [2.05, 4.69) is 15.6 Å². The number of ketones is 1. The Labute approximate surface area is 197 Å². The molecule has 2 aromatic carbocycles. The molecule has 2 N–H and O–H groups in total. The lowest BCUT2D eigenvalue weighted by molar-refractivity contribution is -0.116. The van der Waals surface area contributed by atoms with E-state index in [0.29, 0.717) is 35.4 Å². The summed E-state index contributed by atoms with van der Waals surface area (Å²) in [5.41, 5.74) is 4.80. The van der Waals surface area contributed by atoms with Gasteiger partial charge in [-0.25, -0.2) is 4.39 Å². The Hall–Kier alpha value is -4.06. The second-order valence-electron chi connectivity index (χ2n) is 8.68. The molecule has 1 aliphatic heterocycles. The molecular formula is C28H24FN3O2. The van der Waals surface area contributed by atoms with Gasteiger partial charge in [0.1, 0.15) is 5.82 Å². The number of aromatic nitrogens is 1. The Balaban J connectivity index is 1.55. The van der Waals surface area contributed by atoms with Crippen LogP contribution in [-0.2, 0) is 9.59 Å². The number of rotatable bonds is 4. The van der Waals surface area contributed by atoms with Gasteiger partial charge in [-0.1, -0.05) is 42.5 Å². The fourth-order valence-corrected chi connectivity index (χ4v) is 4.95. The maximum atomic E-state index is 13.7. The highest BCUT2D eigenvalue weighted by atomic mass is 19.1. The topological polar surface area (TPSA) is 71.1 Å². The molecule has 0 bridgehead atoms. The smallest absolute Gasteiger partial charge is 0.254 e. The minimum absolute atomic E-state index is 0.0139. The van der Waals surface area contributed by atoms with E-state index >= 15 is 0 Å². The Kier molecular flexibility index (Phi) is 5.80. The predicted molar refractivity (Wildman–Crippen MR) is 128 cm³/mol. The molecule has 0 unspecified atom stereocenters. The summed E-state index contributed by atoms with van der Waals surface area (Å²) in [6.45, 7) is 1.84. The zero-order valence-corrected chi connectivity index (χ0v) is 18.7. The molecule has 2 aliphatic rings. The number of halogens is 1. The third kappa shape index (κ3) is 4.15. The van der Waals surface area contributed by atoms with Crippen LogP contribution in [-0.4, -0.2) is 16.7 Å². The molecule has 170 valence electrons. The Morgan fingerprint density at radius 1 is 1.03 bits per heavy atom.